The quantitative estimate of drug-likeness (QED) is 0.183. The largest absolute Gasteiger partial charge is 0.496 e. The molecular formula is C25H21Cl2N3O5. The average Bonchev–Trinajstić information content (AvgIpc) is 2.85. The van der Waals surface area contributed by atoms with Crippen molar-refractivity contribution in [2.24, 2.45) is 5.10 Å². The number of amides is 2. The number of methoxy groups -OCH3 is 1. The van der Waals surface area contributed by atoms with E-state index in [9.17, 15) is 14.4 Å². The van der Waals surface area contributed by atoms with Crippen molar-refractivity contribution in [3.63, 3.8) is 0 Å². The van der Waals surface area contributed by atoms with E-state index >= 15 is 0 Å². The third-order valence-corrected chi connectivity index (χ3v) is 5.15. The molecule has 3 rings (SSSR count). The molecule has 2 N–H and O–H groups in total. The van der Waals surface area contributed by atoms with E-state index in [1.54, 1.807) is 49.4 Å². The second-order valence-corrected chi connectivity index (χ2v) is 7.97. The molecule has 3 aromatic carbocycles. The van der Waals surface area contributed by atoms with Crippen LogP contribution >= 0.6 is 23.2 Å². The fourth-order valence-electron chi connectivity index (χ4n) is 2.89. The Kier molecular flexibility index (Phi) is 8.83. The number of benzene rings is 3. The van der Waals surface area contributed by atoms with Crippen molar-refractivity contribution in [1.82, 2.24) is 5.43 Å². The Bertz CT molecular complexity index is 1280. The van der Waals surface area contributed by atoms with Crippen molar-refractivity contribution in [3.05, 3.63) is 87.4 Å². The van der Waals surface area contributed by atoms with Gasteiger partial charge in [-0.25, -0.2) is 10.2 Å². The molecule has 0 spiro atoms. The van der Waals surface area contributed by atoms with Gasteiger partial charge in [0.1, 0.15) is 17.1 Å². The van der Waals surface area contributed by atoms with E-state index in [2.05, 4.69) is 15.8 Å². The summed E-state index contributed by atoms with van der Waals surface area (Å²) in [6, 6.07) is 15.5. The normalized spacial score (nSPS) is 10.6. The molecule has 0 aliphatic carbocycles. The highest BCUT2D eigenvalue weighted by molar-refractivity contribution is 6.31. The SMILES string of the molecule is CCC(=O)Nc1ccc(C(=O)N/N=C/c2cc(Cl)ccc2OC(=O)c2cc(Cl)ccc2OC)cc1. The molecule has 0 saturated heterocycles. The lowest BCUT2D eigenvalue weighted by molar-refractivity contribution is -0.115. The highest BCUT2D eigenvalue weighted by Crippen LogP contribution is 2.27. The summed E-state index contributed by atoms with van der Waals surface area (Å²) in [6.45, 7) is 1.75. The number of rotatable bonds is 8. The number of ether oxygens (including phenoxy) is 2. The minimum Gasteiger partial charge on any atom is -0.496 e. The van der Waals surface area contributed by atoms with Gasteiger partial charge in [-0.05, 0) is 60.7 Å². The molecule has 0 fully saturated rings. The summed E-state index contributed by atoms with van der Waals surface area (Å²) in [5.41, 5.74) is 3.81. The third-order valence-electron chi connectivity index (χ3n) is 4.68. The third kappa shape index (κ3) is 7.05. The fraction of sp³-hybridized carbons (Fsp3) is 0.120. The second-order valence-electron chi connectivity index (χ2n) is 7.09. The Hall–Kier alpha value is -3.88. The highest BCUT2D eigenvalue weighted by Gasteiger charge is 2.17. The van der Waals surface area contributed by atoms with Gasteiger partial charge in [-0.1, -0.05) is 30.1 Å². The molecule has 8 nitrogen and oxygen atoms in total. The predicted molar refractivity (Wildman–Crippen MR) is 135 cm³/mol. The van der Waals surface area contributed by atoms with E-state index < -0.39 is 11.9 Å². The van der Waals surface area contributed by atoms with Gasteiger partial charge in [0, 0.05) is 33.3 Å². The van der Waals surface area contributed by atoms with Gasteiger partial charge in [-0.15, -0.1) is 0 Å². The standard InChI is InChI=1S/C25H21Cl2N3O5/c1-3-23(31)29-19-8-4-15(5-9-19)24(32)30-28-14-16-12-17(26)6-10-21(16)35-25(33)20-13-18(27)7-11-22(20)34-2/h4-14H,3H2,1-2H3,(H,29,31)(H,30,32)/b28-14+. The minimum atomic E-state index is -0.694. The summed E-state index contributed by atoms with van der Waals surface area (Å²) in [7, 11) is 1.43. The monoisotopic (exact) mass is 513 g/mol. The van der Waals surface area contributed by atoms with Gasteiger partial charge in [-0.3, -0.25) is 9.59 Å². The van der Waals surface area contributed by atoms with Crippen molar-refractivity contribution in [3.8, 4) is 11.5 Å². The Balaban J connectivity index is 1.72. The fourth-order valence-corrected chi connectivity index (χ4v) is 3.24. The van der Waals surface area contributed by atoms with E-state index in [0.717, 1.165) is 0 Å². The van der Waals surface area contributed by atoms with Crippen LogP contribution in [0.3, 0.4) is 0 Å². The lowest BCUT2D eigenvalue weighted by Crippen LogP contribution is -2.18. The van der Waals surface area contributed by atoms with Crippen LogP contribution in [0.4, 0.5) is 5.69 Å². The van der Waals surface area contributed by atoms with Crippen molar-refractivity contribution in [2.75, 3.05) is 12.4 Å². The summed E-state index contributed by atoms with van der Waals surface area (Å²) in [5, 5.41) is 7.37. The van der Waals surface area contributed by atoms with Crippen LogP contribution in [0.25, 0.3) is 0 Å². The Morgan fingerprint density at radius 2 is 1.60 bits per heavy atom. The van der Waals surface area contributed by atoms with E-state index in [1.807, 2.05) is 0 Å². The van der Waals surface area contributed by atoms with Gasteiger partial charge in [0.05, 0.1) is 13.3 Å². The summed E-state index contributed by atoms with van der Waals surface area (Å²) in [6.07, 6.45) is 1.65. The van der Waals surface area contributed by atoms with Crippen molar-refractivity contribution >= 4 is 52.9 Å². The zero-order valence-corrected chi connectivity index (χ0v) is 20.3. The number of anilines is 1. The van der Waals surface area contributed by atoms with Crippen LogP contribution in [0.1, 0.15) is 39.6 Å². The maximum absolute atomic E-state index is 12.7. The van der Waals surface area contributed by atoms with Gasteiger partial charge in [0.2, 0.25) is 5.91 Å². The van der Waals surface area contributed by atoms with Crippen LogP contribution in [0.2, 0.25) is 10.0 Å². The van der Waals surface area contributed by atoms with Gasteiger partial charge in [0.25, 0.3) is 5.91 Å². The molecule has 180 valence electrons. The number of esters is 1. The molecule has 0 aliphatic rings. The first-order chi connectivity index (χ1) is 16.8. The molecule has 10 heteroatoms. The first-order valence-electron chi connectivity index (χ1n) is 10.4. The number of nitrogens with one attached hydrogen (secondary N) is 2. The zero-order chi connectivity index (χ0) is 25.4. The molecule has 0 aromatic heterocycles. The van der Waals surface area contributed by atoms with Crippen LogP contribution in [-0.2, 0) is 4.79 Å². The summed E-state index contributed by atoms with van der Waals surface area (Å²) in [5.74, 6) is -0.829. The Morgan fingerprint density at radius 3 is 2.26 bits per heavy atom. The number of nitrogens with zero attached hydrogens (tertiary/aromatic N) is 1. The van der Waals surface area contributed by atoms with Gasteiger partial charge in [0.15, 0.2) is 0 Å². The highest BCUT2D eigenvalue weighted by atomic mass is 35.5. The number of carbonyl (C=O) groups excluding carboxylic acids is 3. The Labute approximate surface area is 211 Å². The van der Waals surface area contributed by atoms with E-state index in [1.165, 1.54) is 31.5 Å². The smallest absolute Gasteiger partial charge is 0.347 e. The molecule has 2 amide bonds. The topological polar surface area (TPSA) is 106 Å². The van der Waals surface area contributed by atoms with Crippen molar-refractivity contribution in [1.29, 1.82) is 0 Å². The number of hydrazone groups is 1. The van der Waals surface area contributed by atoms with E-state index in [4.69, 9.17) is 32.7 Å². The van der Waals surface area contributed by atoms with Crippen LogP contribution in [0, 0.1) is 0 Å². The predicted octanol–water partition coefficient (Wildman–Crippen LogP) is 5.33. The van der Waals surface area contributed by atoms with Gasteiger partial charge in [-0.2, -0.15) is 5.10 Å². The molecule has 0 heterocycles. The lowest BCUT2D eigenvalue weighted by atomic mass is 10.2. The van der Waals surface area contributed by atoms with E-state index in [-0.39, 0.29) is 17.2 Å². The lowest BCUT2D eigenvalue weighted by Gasteiger charge is -2.11. The molecule has 0 atom stereocenters. The summed E-state index contributed by atoms with van der Waals surface area (Å²) < 4.78 is 10.7. The van der Waals surface area contributed by atoms with Crippen LogP contribution in [-0.4, -0.2) is 31.1 Å². The maximum Gasteiger partial charge on any atom is 0.347 e. The number of hydrogen-bond acceptors (Lipinski definition) is 6. The van der Waals surface area contributed by atoms with Crippen molar-refractivity contribution < 1.29 is 23.9 Å². The molecule has 35 heavy (non-hydrogen) atoms. The molecule has 0 saturated carbocycles. The molecular weight excluding hydrogens is 493 g/mol. The molecule has 0 unspecified atom stereocenters. The summed E-state index contributed by atoms with van der Waals surface area (Å²) in [4.78, 5) is 36.6. The Morgan fingerprint density at radius 1 is 0.943 bits per heavy atom. The van der Waals surface area contributed by atoms with Crippen LogP contribution in [0.5, 0.6) is 11.5 Å². The second kappa shape index (κ2) is 12.0. The first kappa shape index (κ1) is 25.7. The van der Waals surface area contributed by atoms with Gasteiger partial charge >= 0.3 is 5.97 Å². The van der Waals surface area contributed by atoms with Gasteiger partial charge < -0.3 is 14.8 Å². The number of halogens is 2. The molecule has 3 aromatic rings. The summed E-state index contributed by atoms with van der Waals surface area (Å²) >= 11 is 12.1. The van der Waals surface area contributed by atoms with Crippen LogP contribution in [0.15, 0.2) is 65.8 Å². The molecule has 0 aliphatic heterocycles. The minimum absolute atomic E-state index is 0.126. The number of hydrogen-bond donors (Lipinski definition) is 2. The average molecular weight is 514 g/mol. The zero-order valence-electron chi connectivity index (χ0n) is 18.8. The van der Waals surface area contributed by atoms with Crippen molar-refractivity contribution in [2.45, 2.75) is 13.3 Å². The molecule has 0 radical (unpaired) electrons. The first-order valence-corrected chi connectivity index (χ1v) is 11.1. The molecule has 0 bridgehead atoms. The number of carbonyl (C=O) groups is 3. The van der Waals surface area contributed by atoms with Crippen LogP contribution < -0.4 is 20.2 Å². The van der Waals surface area contributed by atoms with E-state index in [0.29, 0.717) is 39.0 Å². The maximum atomic E-state index is 12.7.